The molecule has 0 spiro atoms. The molecule has 0 saturated heterocycles. The average Bonchev–Trinajstić information content (AvgIpc) is 2.04. The van der Waals surface area contributed by atoms with E-state index in [0.29, 0.717) is 23.2 Å². The number of thiocarbonyl (C=S) groups is 1. The first-order chi connectivity index (χ1) is 5.70. The summed E-state index contributed by atoms with van der Waals surface area (Å²) >= 11 is 6.18. The van der Waals surface area contributed by atoms with Crippen LogP contribution in [0.15, 0.2) is 0 Å². The molecule has 0 unspecified atom stereocenters. The van der Waals surface area contributed by atoms with Gasteiger partial charge in [0, 0.05) is 5.75 Å². The molecule has 12 heavy (non-hydrogen) atoms. The van der Waals surface area contributed by atoms with Gasteiger partial charge in [-0.05, 0) is 19.1 Å². The van der Waals surface area contributed by atoms with Crippen molar-refractivity contribution in [2.45, 2.75) is 13.3 Å². The van der Waals surface area contributed by atoms with Crippen molar-refractivity contribution in [1.82, 2.24) is 0 Å². The van der Waals surface area contributed by atoms with Crippen molar-refractivity contribution in [1.29, 1.82) is 0 Å². The summed E-state index contributed by atoms with van der Waals surface area (Å²) in [4.78, 5) is 10.6. The molecule has 0 heterocycles. The molecule has 0 aliphatic rings. The lowest BCUT2D eigenvalue weighted by molar-refractivity contribution is -0.140. The van der Waals surface area contributed by atoms with Crippen molar-refractivity contribution in [3.8, 4) is 0 Å². The Balaban J connectivity index is 3.30. The van der Waals surface area contributed by atoms with E-state index in [1.165, 1.54) is 18.9 Å². The zero-order chi connectivity index (χ0) is 9.40. The summed E-state index contributed by atoms with van der Waals surface area (Å²) in [7, 11) is 1.37. The monoisotopic (exact) mass is 208 g/mol. The zero-order valence-corrected chi connectivity index (χ0v) is 8.80. The smallest absolute Gasteiger partial charge is 0.306 e. The second-order valence-electron chi connectivity index (χ2n) is 1.86. The van der Waals surface area contributed by atoms with Crippen molar-refractivity contribution in [2.75, 3.05) is 19.5 Å². The number of carbonyl (C=O) groups excluding carboxylic acids is 1. The molecule has 0 rings (SSSR count). The van der Waals surface area contributed by atoms with Gasteiger partial charge < -0.3 is 9.47 Å². The van der Waals surface area contributed by atoms with Crippen LogP contribution in [-0.2, 0) is 14.3 Å². The van der Waals surface area contributed by atoms with Gasteiger partial charge in [-0.3, -0.25) is 4.79 Å². The minimum absolute atomic E-state index is 0.221. The Kier molecular flexibility index (Phi) is 7.19. The first-order valence-electron chi connectivity index (χ1n) is 3.57. The highest BCUT2D eigenvalue weighted by Crippen LogP contribution is 2.07. The van der Waals surface area contributed by atoms with E-state index in [4.69, 9.17) is 17.0 Å². The van der Waals surface area contributed by atoms with Gasteiger partial charge in [-0.1, -0.05) is 11.8 Å². The van der Waals surface area contributed by atoms with E-state index in [0.717, 1.165) is 0 Å². The minimum atomic E-state index is -0.221. The molecule has 0 aliphatic heterocycles. The maximum Gasteiger partial charge on any atom is 0.306 e. The van der Waals surface area contributed by atoms with E-state index < -0.39 is 0 Å². The van der Waals surface area contributed by atoms with Crippen LogP contribution in [0, 0.1) is 0 Å². The number of hydrogen-bond donors (Lipinski definition) is 0. The fraction of sp³-hybridized carbons (Fsp3) is 0.714. The molecule has 0 aromatic carbocycles. The van der Waals surface area contributed by atoms with Crippen molar-refractivity contribution in [3.63, 3.8) is 0 Å². The SMILES string of the molecule is CCOC(=S)SCCC(=O)OC. The molecular weight excluding hydrogens is 196 g/mol. The summed E-state index contributed by atoms with van der Waals surface area (Å²) in [6, 6.07) is 0. The summed E-state index contributed by atoms with van der Waals surface area (Å²) in [5, 5.41) is 0. The van der Waals surface area contributed by atoms with Crippen LogP contribution in [0.3, 0.4) is 0 Å². The highest BCUT2D eigenvalue weighted by molar-refractivity contribution is 8.22. The molecule has 0 N–H and O–H groups in total. The number of methoxy groups -OCH3 is 1. The van der Waals surface area contributed by atoms with E-state index in [1.54, 1.807) is 0 Å². The minimum Gasteiger partial charge on any atom is -0.479 e. The molecule has 0 fully saturated rings. The number of carbonyl (C=O) groups is 1. The maximum atomic E-state index is 10.6. The Hall–Kier alpha value is -0.290. The van der Waals surface area contributed by atoms with Gasteiger partial charge in [-0.15, -0.1) is 0 Å². The van der Waals surface area contributed by atoms with E-state index in [1.807, 2.05) is 6.92 Å². The quantitative estimate of drug-likeness (QED) is 0.518. The van der Waals surface area contributed by atoms with Crippen LogP contribution in [0.25, 0.3) is 0 Å². The Morgan fingerprint density at radius 1 is 1.58 bits per heavy atom. The van der Waals surface area contributed by atoms with E-state index in [9.17, 15) is 4.79 Å². The first-order valence-corrected chi connectivity index (χ1v) is 4.96. The zero-order valence-electron chi connectivity index (χ0n) is 7.16. The molecule has 0 amide bonds. The molecule has 0 aromatic rings. The van der Waals surface area contributed by atoms with Crippen molar-refractivity contribution in [2.24, 2.45) is 0 Å². The fourth-order valence-electron chi connectivity index (χ4n) is 0.479. The Morgan fingerprint density at radius 2 is 2.25 bits per heavy atom. The lowest BCUT2D eigenvalue weighted by Crippen LogP contribution is -2.03. The van der Waals surface area contributed by atoms with Gasteiger partial charge in [0.05, 0.1) is 20.1 Å². The highest BCUT2D eigenvalue weighted by Gasteiger charge is 2.02. The van der Waals surface area contributed by atoms with Crippen molar-refractivity contribution in [3.05, 3.63) is 0 Å². The molecular formula is C7H12O3S2. The summed E-state index contributed by atoms with van der Waals surface area (Å²) in [6.07, 6.45) is 0.369. The predicted molar refractivity (Wildman–Crippen MR) is 53.3 cm³/mol. The van der Waals surface area contributed by atoms with Gasteiger partial charge >= 0.3 is 5.97 Å². The summed E-state index contributed by atoms with van der Waals surface area (Å²) in [5.74, 6) is 0.396. The number of hydrogen-bond acceptors (Lipinski definition) is 5. The fourth-order valence-corrected chi connectivity index (χ4v) is 1.48. The lowest BCUT2D eigenvalue weighted by Gasteiger charge is -2.02. The van der Waals surface area contributed by atoms with Gasteiger partial charge in [0.1, 0.15) is 0 Å². The van der Waals surface area contributed by atoms with Gasteiger partial charge in [0.15, 0.2) is 0 Å². The summed E-state index contributed by atoms with van der Waals surface area (Å²) in [6.45, 7) is 2.44. The lowest BCUT2D eigenvalue weighted by atomic mass is 10.5. The standard InChI is InChI=1S/C7H12O3S2/c1-3-10-7(11)12-5-4-6(8)9-2/h3-5H2,1-2H3. The Bertz CT molecular complexity index is 159. The summed E-state index contributed by atoms with van der Waals surface area (Å²) < 4.78 is 9.94. The molecule has 3 nitrogen and oxygen atoms in total. The van der Waals surface area contributed by atoms with E-state index in [2.05, 4.69) is 4.74 Å². The number of thioether (sulfide) groups is 1. The second kappa shape index (κ2) is 7.36. The number of rotatable bonds is 4. The molecule has 0 radical (unpaired) electrons. The van der Waals surface area contributed by atoms with Crippen LogP contribution >= 0.6 is 24.0 Å². The third-order valence-electron chi connectivity index (χ3n) is 1.02. The maximum absolute atomic E-state index is 10.6. The molecule has 0 saturated carbocycles. The van der Waals surface area contributed by atoms with Gasteiger partial charge in [0.2, 0.25) is 4.38 Å². The molecule has 70 valence electrons. The molecule has 5 heteroatoms. The highest BCUT2D eigenvalue weighted by atomic mass is 32.2. The third kappa shape index (κ3) is 6.42. The predicted octanol–water partition coefficient (Wildman–Crippen LogP) is 1.60. The van der Waals surface area contributed by atoms with Crippen LogP contribution in [0.2, 0.25) is 0 Å². The average molecular weight is 208 g/mol. The molecule has 0 atom stereocenters. The van der Waals surface area contributed by atoms with E-state index in [-0.39, 0.29) is 5.97 Å². The van der Waals surface area contributed by atoms with Crippen LogP contribution in [0.4, 0.5) is 0 Å². The van der Waals surface area contributed by atoms with Crippen LogP contribution < -0.4 is 0 Å². The van der Waals surface area contributed by atoms with Gasteiger partial charge in [0.25, 0.3) is 0 Å². The van der Waals surface area contributed by atoms with Crippen LogP contribution in [-0.4, -0.2) is 29.8 Å². The first kappa shape index (κ1) is 11.7. The van der Waals surface area contributed by atoms with Crippen molar-refractivity contribution < 1.29 is 14.3 Å². The normalized spacial score (nSPS) is 9.17. The van der Waals surface area contributed by atoms with Gasteiger partial charge in [-0.25, -0.2) is 0 Å². The third-order valence-corrected chi connectivity index (χ3v) is 2.25. The largest absolute Gasteiger partial charge is 0.479 e. The number of esters is 1. The molecule has 0 aromatic heterocycles. The second-order valence-corrected chi connectivity index (χ2v) is 3.55. The molecule has 0 bridgehead atoms. The Morgan fingerprint density at radius 3 is 2.75 bits per heavy atom. The van der Waals surface area contributed by atoms with Crippen LogP contribution in [0.1, 0.15) is 13.3 Å². The Labute approximate surface area is 81.8 Å². The van der Waals surface area contributed by atoms with Crippen molar-refractivity contribution >= 4 is 34.3 Å². The topological polar surface area (TPSA) is 35.5 Å². The number of ether oxygens (including phenoxy) is 2. The van der Waals surface area contributed by atoms with Gasteiger partial charge in [-0.2, -0.15) is 0 Å². The van der Waals surface area contributed by atoms with E-state index >= 15 is 0 Å². The molecule has 0 aliphatic carbocycles. The van der Waals surface area contributed by atoms with Crippen LogP contribution in [0.5, 0.6) is 0 Å². The summed E-state index contributed by atoms with van der Waals surface area (Å²) in [5.41, 5.74) is 0.